The molecule has 0 radical (unpaired) electrons. The van der Waals surface area contributed by atoms with Crippen LogP contribution in [0.4, 0.5) is 5.69 Å². The third-order valence-corrected chi connectivity index (χ3v) is 4.75. The molecule has 2 aromatic heterocycles. The maximum atomic E-state index is 11.2. The highest BCUT2D eigenvalue weighted by Crippen LogP contribution is 2.28. The predicted molar refractivity (Wildman–Crippen MR) is 109 cm³/mol. The summed E-state index contributed by atoms with van der Waals surface area (Å²) in [6.45, 7) is 2.08. The Labute approximate surface area is 166 Å². The van der Waals surface area contributed by atoms with E-state index in [0.29, 0.717) is 12.1 Å². The molecule has 0 saturated carbocycles. The molecule has 0 atom stereocenters. The smallest absolute Gasteiger partial charge is 0.338 e. The van der Waals surface area contributed by atoms with Gasteiger partial charge in [-0.25, -0.2) is 0 Å². The number of nitriles is 1. The molecule has 4 aromatic rings. The Morgan fingerprint density at radius 1 is 1.21 bits per heavy atom. The van der Waals surface area contributed by atoms with Crippen molar-refractivity contribution in [3.05, 3.63) is 93.0 Å². The van der Waals surface area contributed by atoms with Gasteiger partial charge in [-0.2, -0.15) is 5.26 Å². The van der Waals surface area contributed by atoms with E-state index in [1.54, 1.807) is 18.2 Å². The molecular weight excluding hydrogens is 368 g/mol. The maximum Gasteiger partial charge on any atom is 0.338 e. The van der Waals surface area contributed by atoms with Gasteiger partial charge in [0.05, 0.1) is 16.6 Å². The Bertz CT molecular complexity index is 1290. The van der Waals surface area contributed by atoms with Crippen LogP contribution in [0.15, 0.2) is 59.3 Å². The first kappa shape index (κ1) is 18.2. The van der Waals surface area contributed by atoms with Crippen LogP contribution in [0.1, 0.15) is 28.1 Å². The third-order valence-electron chi connectivity index (χ3n) is 4.75. The number of aryl methyl sites for hydroxylation is 1. The number of aromatic nitrogens is 2. The molecule has 0 fully saturated rings. The normalized spacial score (nSPS) is 11.2. The largest absolute Gasteiger partial charge is 0.349 e. The molecular formula is C22H16N4O3. The number of rotatable bonds is 5. The Hall–Kier alpha value is -4.18. The van der Waals surface area contributed by atoms with E-state index in [0.717, 1.165) is 22.0 Å². The lowest BCUT2D eigenvalue weighted by atomic mass is 10.1. The van der Waals surface area contributed by atoms with Gasteiger partial charge in [-0.05, 0) is 36.8 Å². The summed E-state index contributed by atoms with van der Waals surface area (Å²) in [6, 6.07) is 17.6. The number of nitro groups is 1. The van der Waals surface area contributed by atoms with Gasteiger partial charge in [0.1, 0.15) is 0 Å². The van der Waals surface area contributed by atoms with E-state index in [-0.39, 0.29) is 17.1 Å². The van der Waals surface area contributed by atoms with Gasteiger partial charge in [-0.15, -0.1) is 0 Å². The monoisotopic (exact) mass is 384 g/mol. The van der Waals surface area contributed by atoms with Crippen molar-refractivity contribution in [3.63, 3.8) is 0 Å². The highest BCUT2D eigenvalue weighted by atomic mass is 16.6. The van der Waals surface area contributed by atoms with E-state index in [1.165, 1.54) is 6.92 Å². The second-order valence-corrected chi connectivity index (χ2v) is 6.57. The number of benzene rings is 2. The molecule has 7 nitrogen and oxygen atoms in total. The highest BCUT2D eigenvalue weighted by Gasteiger charge is 2.22. The quantitative estimate of drug-likeness (QED) is 0.359. The number of nitrogens with zero attached hydrogens (tertiary/aromatic N) is 4. The Balaban J connectivity index is 1.76. The zero-order chi connectivity index (χ0) is 20.4. The summed E-state index contributed by atoms with van der Waals surface area (Å²) in [6.07, 6.45) is 5.31. The van der Waals surface area contributed by atoms with Crippen molar-refractivity contribution in [1.29, 1.82) is 5.26 Å². The average molecular weight is 384 g/mol. The van der Waals surface area contributed by atoms with E-state index < -0.39 is 4.92 Å². The van der Waals surface area contributed by atoms with Crippen molar-refractivity contribution in [3.8, 4) is 6.07 Å². The minimum Gasteiger partial charge on any atom is -0.349 e. The fraction of sp³-hybridized carbons (Fsp3) is 0.0909. The van der Waals surface area contributed by atoms with Crippen molar-refractivity contribution < 1.29 is 9.45 Å². The van der Waals surface area contributed by atoms with Crippen LogP contribution in [0.25, 0.3) is 23.1 Å². The van der Waals surface area contributed by atoms with Crippen LogP contribution in [-0.2, 0) is 6.54 Å². The molecule has 0 spiro atoms. The molecule has 0 aliphatic heterocycles. The summed E-state index contributed by atoms with van der Waals surface area (Å²) in [4.78, 5) is 10.7. The van der Waals surface area contributed by atoms with E-state index >= 15 is 0 Å². The van der Waals surface area contributed by atoms with E-state index in [9.17, 15) is 15.4 Å². The average Bonchev–Trinajstić information content (AvgIpc) is 3.27. The molecule has 0 saturated heterocycles. The van der Waals surface area contributed by atoms with Crippen LogP contribution >= 0.6 is 0 Å². The summed E-state index contributed by atoms with van der Waals surface area (Å²) in [7, 11) is 0. The summed E-state index contributed by atoms with van der Waals surface area (Å²) in [5.41, 5.74) is 3.56. The molecule has 2 aromatic carbocycles. The first-order chi connectivity index (χ1) is 14.1. The van der Waals surface area contributed by atoms with Crippen molar-refractivity contribution >= 4 is 28.7 Å². The minimum atomic E-state index is -0.492. The highest BCUT2D eigenvalue weighted by molar-refractivity contribution is 5.92. The fourth-order valence-corrected chi connectivity index (χ4v) is 3.37. The summed E-state index contributed by atoms with van der Waals surface area (Å²) >= 11 is 0. The third kappa shape index (κ3) is 3.39. The second-order valence-electron chi connectivity index (χ2n) is 6.57. The molecule has 0 aliphatic rings. The van der Waals surface area contributed by atoms with Gasteiger partial charge < -0.3 is 9.09 Å². The molecule has 29 heavy (non-hydrogen) atoms. The number of hydrogen-bond donors (Lipinski definition) is 0. The van der Waals surface area contributed by atoms with Crippen LogP contribution in [0.3, 0.4) is 0 Å². The maximum absolute atomic E-state index is 11.2. The Morgan fingerprint density at radius 3 is 2.76 bits per heavy atom. The van der Waals surface area contributed by atoms with E-state index in [1.807, 2.05) is 48.7 Å². The van der Waals surface area contributed by atoms with Crippen molar-refractivity contribution in [1.82, 2.24) is 9.72 Å². The zero-order valence-electron chi connectivity index (χ0n) is 15.6. The van der Waals surface area contributed by atoms with Gasteiger partial charge in [-0.1, -0.05) is 41.6 Å². The lowest BCUT2D eigenvalue weighted by molar-refractivity contribution is -0.386. The minimum absolute atomic E-state index is 0.110. The summed E-state index contributed by atoms with van der Waals surface area (Å²) in [5, 5.41) is 25.3. The predicted octanol–water partition coefficient (Wildman–Crippen LogP) is 4.94. The Kier molecular flexibility index (Phi) is 4.67. The van der Waals surface area contributed by atoms with Crippen LogP contribution < -0.4 is 0 Å². The van der Waals surface area contributed by atoms with E-state index in [2.05, 4.69) is 15.8 Å². The standard InChI is InChI=1S/C22H16N4O3/c1-15-22(26(27)28)21(29-24-15)11-10-18-14-25(20-9-5-4-8-19(18)20)13-17-7-3-2-6-16(17)12-23/h2-11,14H,13H2,1H3. The second kappa shape index (κ2) is 7.44. The molecule has 0 unspecified atom stereocenters. The SMILES string of the molecule is Cc1noc(C=Cc2cn(Cc3ccccc3C#N)c3ccccc23)c1[N+](=O)[O-]. The van der Waals surface area contributed by atoms with Crippen LogP contribution in [0, 0.1) is 28.4 Å². The van der Waals surface area contributed by atoms with Gasteiger partial charge >= 0.3 is 5.69 Å². The topological polar surface area (TPSA) is 97.9 Å². The van der Waals surface area contributed by atoms with Crippen LogP contribution in [0.5, 0.6) is 0 Å². The van der Waals surface area contributed by atoms with Gasteiger partial charge in [0.15, 0.2) is 5.69 Å². The molecule has 142 valence electrons. The van der Waals surface area contributed by atoms with Crippen LogP contribution in [0.2, 0.25) is 0 Å². The molecule has 0 N–H and O–H groups in total. The molecule has 0 amide bonds. The van der Waals surface area contributed by atoms with Gasteiger partial charge in [0.25, 0.3) is 0 Å². The first-order valence-corrected chi connectivity index (χ1v) is 8.93. The summed E-state index contributed by atoms with van der Waals surface area (Å²) < 4.78 is 7.16. The van der Waals surface area contributed by atoms with Gasteiger partial charge in [-0.3, -0.25) is 10.1 Å². The molecule has 7 heteroatoms. The molecule has 0 aliphatic carbocycles. The van der Waals surface area contributed by atoms with Gasteiger partial charge in [0, 0.05) is 29.2 Å². The Morgan fingerprint density at radius 2 is 1.97 bits per heavy atom. The lowest BCUT2D eigenvalue weighted by Gasteiger charge is -2.07. The molecule has 4 rings (SSSR count). The fourth-order valence-electron chi connectivity index (χ4n) is 3.37. The lowest BCUT2D eigenvalue weighted by Crippen LogP contribution is -2.00. The molecule has 0 bridgehead atoms. The first-order valence-electron chi connectivity index (χ1n) is 8.93. The van der Waals surface area contributed by atoms with Crippen molar-refractivity contribution in [2.24, 2.45) is 0 Å². The van der Waals surface area contributed by atoms with Crippen LogP contribution in [-0.4, -0.2) is 14.6 Å². The zero-order valence-corrected chi connectivity index (χ0v) is 15.6. The van der Waals surface area contributed by atoms with Gasteiger partial charge in [0.2, 0.25) is 5.76 Å². The number of hydrogen-bond acceptors (Lipinski definition) is 5. The number of para-hydroxylation sites is 1. The van der Waals surface area contributed by atoms with Crippen molar-refractivity contribution in [2.75, 3.05) is 0 Å². The van der Waals surface area contributed by atoms with Crippen molar-refractivity contribution in [2.45, 2.75) is 13.5 Å². The number of fused-ring (bicyclic) bond motifs is 1. The summed E-state index contributed by atoms with van der Waals surface area (Å²) in [5.74, 6) is 0.110. The van der Waals surface area contributed by atoms with E-state index in [4.69, 9.17) is 4.52 Å². The molecule has 2 heterocycles.